The molecule has 1 saturated carbocycles. The lowest BCUT2D eigenvalue weighted by molar-refractivity contribution is 0.102. The van der Waals surface area contributed by atoms with E-state index in [1.54, 1.807) is 0 Å². The summed E-state index contributed by atoms with van der Waals surface area (Å²) in [4.78, 5) is 44.1. The van der Waals surface area contributed by atoms with Gasteiger partial charge in [0, 0.05) is 17.9 Å². The van der Waals surface area contributed by atoms with Gasteiger partial charge in [-0.25, -0.2) is 9.78 Å². The Balaban J connectivity index is 1.46. The Morgan fingerprint density at radius 3 is 2.58 bits per heavy atom. The van der Waals surface area contributed by atoms with Crippen molar-refractivity contribution in [1.82, 2.24) is 14.5 Å². The molecule has 2 aromatic carbocycles. The number of nitrogens with one attached hydrogen (secondary N) is 2. The molecule has 0 atom stereocenters. The summed E-state index contributed by atoms with van der Waals surface area (Å²) < 4.78 is 1.51. The van der Waals surface area contributed by atoms with Crippen molar-refractivity contribution in [3.8, 4) is 0 Å². The maximum Gasteiger partial charge on any atom is 0.330 e. The third kappa shape index (κ3) is 3.77. The van der Waals surface area contributed by atoms with Crippen LogP contribution in [0.1, 0.15) is 40.4 Å². The SMILES string of the molecule is O=C(Nc1ccccc1Cc1ccccc1)c1cnc2c(c1)c(=O)[nH]c(=O)n2C1CC1. The van der Waals surface area contributed by atoms with Gasteiger partial charge < -0.3 is 5.32 Å². The second-order valence-corrected chi connectivity index (χ2v) is 7.73. The normalized spacial score (nSPS) is 13.3. The number of carbonyl (C=O) groups is 1. The van der Waals surface area contributed by atoms with Crippen molar-refractivity contribution in [3.63, 3.8) is 0 Å². The number of H-pyrrole nitrogens is 1. The highest BCUT2D eigenvalue weighted by atomic mass is 16.2. The number of rotatable bonds is 5. The lowest BCUT2D eigenvalue weighted by Gasteiger charge is -2.12. The molecule has 0 unspecified atom stereocenters. The smallest absolute Gasteiger partial charge is 0.322 e. The van der Waals surface area contributed by atoms with Crippen LogP contribution >= 0.6 is 0 Å². The van der Waals surface area contributed by atoms with Crippen LogP contribution in [0.2, 0.25) is 0 Å². The first-order valence-electron chi connectivity index (χ1n) is 10.2. The van der Waals surface area contributed by atoms with Crippen LogP contribution in [0.4, 0.5) is 5.69 Å². The fraction of sp³-hybridized carbons (Fsp3) is 0.167. The van der Waals surface area contributed by atoms with Crippen LogP contribution < -0.4 is 16.6 Å². The van der Waals surface area contributed by atoms with Gasteiger partial charge in [0.2, 0.25) is 0 Å². The Morgan fingerprint density at radius 1 is 1.06 bits per heavy atom. The number of aromatic amines is 1. The molecule has 1 aliphatic rings. The van der Waals surface area contributed by atoms with Crippen molar-refractivity contribution in [2.24, 2.45) is 0 Å². The molecule has 2 aromatic heterocycles. The van der Waals surface area contributed by atoms with Crippen LogP contribution in [0.3, 0.4) is 0 Å². The number of benzene rings is 2. The van der Waals surface area contributed by atoms with Gasteiger partial charge in [0.1, 0.15) is 5.65 Å². The molecule has 154 valence electrons. The summed E-state index contributed by atoms with van der Waals surface area (Å²) in [7, 11) is 0. The minimum atomic E-state index is -0.538. The Kier molecular flexibility index (Phi) is 4.71. The van der Waals surface area contributed by atoms with Gasteiger partial charge in [0.05, 0.1) is 10.9 Å². The number of fused-ring (bicyclic) bond motifs is 1. The fourth-order valence-electron chi connectivity index (χ4n) is 3.74. The van der Waals surface area contributed by atoms with E-state index in [9.17, 15) is 14.4 Å². The molecule has 7 heteroatoms. The summed E-state index contributed by atoms with van der Waals surface area (Å²) in [6.45, 7) is 0. The van der Waals surface area contributed by atoms with Crippen LogP contribution in [0, 0.1) is 0 Å². The number of nitrogens with zero attached hydrogens (tertiary/aromatic N) is 2. The zero-order valence-corrected chi connectivity index (χ0v) is 16.7. The van der Waals surface area contributed by atoms with E-state index < -0.39 is 11.2 Å². The number of para-hydroxylation sites is 1. The summed E-state index contributed by atoms with van der Waals surface area (Å²) >= 11 is 0. The van der Waals surface area contributed by atoms with Crippen molar-refractivity contribution in [1.29, 1.82) is 0 Å². The van der Waals surface area contributed by atoms with E-state index in [0.717, 1.165) is 24.0 Å². The van der Waals surface area contributed by atoms with Crippen LogP contribution in [0.15, 0.2) is 76.4 Å². The van der Waals surface area contributed by atoms with E-state index in [2.05, 4.69) is 15.3 Å². The van der Waals surface area contributed by atoms with Crippen LogP contribution in [0.25, 0.3) is 11.0 Å². The van der Waals surface area contributed by atoms with E-state index >= 15 is 0 Å². The maximum absolute atomic E-state index is 12.9. The number of pyridine rings is 1. The first kappa shape index (κ1) is 19.0. The lowest BCUT2D eigenvalue weighted by Crippen LogP contribution is -2.30. The van der Waals surface area contributed by atoms with Crippen molar-refractivity contribution in [3.05, 3.63) is 104 Å². The van der Waals surface area contributed by atoms with E-state index in [-0.39, 0.29) is 22.9 Å². The topological polar surface area (TPSA) is 96.8 Å². The Labute approximate surface area is 177 Å². The van der Waals surface area contributed by atoms with E-state index in [1.165, 1.54) is 16.8 Å². The molecule has 5 rings (SSSR count). The third-order valence-corrected chi connectivity index (χ3v) is 5.46. The van der Waals surface area contributed by atoms with Gasteiger partial charge in [-0.15, -0.1) is 0 Å². The number of aromatic nitrogens is 3. The monoisotopic (exact) mass is 412 g/mol. The summed E-state index contributed by atoms with van der Waals surface area (Å²) in [6, 6.07) is 19.2. The highest BCUT2D eigenvalue weighted by Crippen LogP contribution is 2.34. The quantitative estimate of drug-likeness (QED) is 0.526. The van der Waals surface area contributed by atoms with Gasteiger partial charge in [-0.3, -0.25) is 19.1 Å². The highest BCUT2D eigenvalue weighted by Gasteiger charge is 2.27. The summed E-state index contributed by atoms with van der Waals surface area (Å²) in [5.41, 5.74) is 2.40. The van der Waals surface area contributed by atoms with Crippen molar-refractivity contribution < 1.29 is 4.79 Å². The van der Waals surface area contributed by atoms with E-state index in [0.29, 0.717) is 17.8 Å². The predicted octanol–water partition coefficient (Wildman–Crippen LogP) is 3.26. The Morgan fingerprint density at radius 2 is 1.81 bits per heavy atom. The van der Waals surface area contributed by atoms with E-state index in [4.69, 9.17) is 0 Å². The standard InChI is InChI=1S/C24H20N4O3/c29-22(26-20-9-5-4-8-16(20)12-15-6-2-1-3-7-15)17-13-19-21(25-14-17)28(18-10-11-18)24(31)27-23(19)30/h1-9,13-14,18H,10-12H2,(H,26,29)(H,27,30,31). The first-order chi connectivity index (χ1) is 15.1. The molecule has 0 saturated heterocycles. The Hall–Kier alpha value is -4.00. The largest absolute Gasteiger partial charge is 0.330 e. The second kappa shape index (κ2) is 7.68. The van der Waals surface area contributed by atoms with Crippen LogP contribution in [-0.4, -0.2) is 20.4 Å². The average molecular weight is 412 g/mol. The van der Waals surface area contributed by atoms with Crippen molar-refractivity contribution >= 4 is 22.6 Å². The number of anilines is 1. The minimum Gasteiger partial charge on any atom is -0.322 e. The number of hydrogen-bond acceptors (Lipinski definition) is 4. The molecule has 4 aromatic rings. The maximum atomic E-state index is 12.9. The zero-order valence-electron chi connectivity index (χ0n) is 16.7. The molecule has 2 heterocycles. The summed E-state index contributed by atoms with van der Waals surface area (Å²) in [5, 5.41) is 3.17. The van der Waals surface area contributed by atoms with Crippen LogP contribution in [0.5, 0.6) is 0 Å². The molecule has 1 aliphatic carbocycles. The van der Waals surface area contributed by atoms with Gasteiger partial charge in [0.25, 0.3) is 11.5 Å². The first-order valence-corrected chi connectivity index (χ1v) is 10.2. The van der Waals surface area contributed by atoms with Crippen molar-refractivity contribution in [2.75, 3.05) is 5.32 Å². The lowest BCUT2D eigenvalue weighted by atomic mass is 10.0. The predicted molar refractivity (Wildman–Crippen MR) is 119 cm³/mol. The van der Waals surface area contributed by atoms with Crippen LogP contribution in [-0.2, 0) is 6.42 Å². The average Bonchev–Trinajstić information content (AvgIpc) is 3.61. The van der Waals surface area contributed by atoms with Crippen molar-refractivity contribution in [2.45, 2.75) is 25.3 Å². The van der Waals surface area contributed by atoms with Gasteiger partial charge in [-0.2, -0.15) is 0 Å². The van der Waals surface area contributed by atoms with E-state index in [1.807, 2.05) is 54.6 Å². The molecule has 1 fully saturated rings. The fourth-order valence-corrected chi connectivity index (χ4v) is 3.74. The molecule has 0 radical (unpaired) electrons. The molecule has 0 aliphatic heterocycles. The molecule has 0 bridgehead atoms. The second-order valence-electron chi connectivity index (χ2n) is 7.73. The molecular weight excluding hydrogens is 392 g/mol. The van der Waals surface area contributed by atoms with Gasteiger partial charge in [-0.05, 0) is 42.5 Å². The molecule has 2 N–H and O–H groups in total. The molecule has 7 nitrogen and oxygen atoms in total. The third-order valence-electron chi connectivity index (χ3n) is 5.46. The number of amides is 1. The number of hydrogen-bond donors (Lipinski definition) is 2. The molecule has 31 heavy (non-hydrogen) atoms. The summed E-state index contributed by atoms with van der Waals surface area (Å²) in [6.07, 6.45) is 3.85. The number of carbonyl (C=O) groups excluding carboxylic acids is 1. The van der Waals surface area contributed by atoms with Gasteiger partial charge in [-0.1, -0.05) is 48.5 Å². The molecule has 1 amide bonds. The summed E-state index contributed by atoms with van der Waals surface area (Å²) in [5.74, 6) is -0.363. The zero-order chi connectivity index (χ0) is 21.4. The highest BCUT2D eigenvalue weighted by molar-refractivity contribution is 6.05. The molecule has 0 spiro atoms. The Bertz CT molecular complexity index is 1400. The van der Waals surface area contributed by atoms with Gasteiger partial charge in [0.15, 0.2) is 0 Å². The minimum absolute atomic E-state index is 0.0592. The molecular formula is C24H20N4O3. The van der Waals surface area contributed by atoms with Gasteiger partial charge >= 0.3 is 5.69 Å².